The minimum atomic E-state index is -0.335. The molecular weight excluding hydrogens is 637 g/mol. The van der Waals surface area contributed by atoms with Crippen molar-refractivity contribution in [2.24, 2.45) is 15.9 Å². The molecule has 1 atom stereocenters. The molecule has 0 aliphatic heterocycles. The van der Waals surface area contributed by atoms with E-state index in [9.17, 15) is 25.4 Å². The molecule has 3 aromatic heterocycles. The molecule has 7 rings (SSSR count). The highest BCUT2D eigenvalue weighted by Crippen LogP contribution is 2.47. The van der Waals surface area contributed by atoms with Crippen molar-refractivity contribution in [1.82, 2.24) is 4.57 Å². The Bertz CT molecular complexity index is 2370. The van der Waals surface area contributed by atoms with Crippen LogP contribution in [-0.4, -0.2) is 27.6 Å². The van der Waals surface area contributed by atoms with Gasteiger partial charge in [-0.25, -0.2) is 9.98 Å². The zero-order valence-electron chi connectivity index (χ0n) is 25.7. The molecule has 0 saturated heterocycles. The molecule has 0 radical (unpaired) electrons. The summed E-state index contributed by atoms with van der Waals surface area (Å²) in [6.45, 7) is 5.02. The number of aliphatic imine (C=N–C) groups is 2. The van der Waals surface area contributed by atoms with E-state index in [1.54, 1.807) is 48.5 Å². The molecule has 8 nitrogen and oxygen atoms in total. The lowest BCUT2D eigenvalue weighted by molar-refractivity contribution is 0.106. The van der Waals surface area contributed by atoms with Gasteiger partial charge in [-0.05, 0) is 29.2 Å². The number of hydrogen-bond acceptors (Lipinski definition) is 9. The summed E-state index contributed by atoms with van der Waals surface area (Å²) in [5.41, 5.74) is 4.57. The average molecular weight is 659 g/mol. The molecule has 0 amide bonds. The molecule has 5 aromatic rings. The number of Topliss-reactive ketones (excluding diaryl/α,β-unsaturated/α-hetero) is 2. The third kappa shape index (κ3) is 4.63. The lowest BCUT2D eigenvalue weighted by Crippen LogP contribution is -2.07. The van der Waals surface area contributed by atoms with Crippen molar-refractivity contribution in [1.29, 1.82) is 15.8 Å². The Kier molecular flexibility index (Phi) is 7.55. The number of nitrogens with zero attached hydrogens (tertiary/aromatic N) is 6. The maximum absolute atomic E-state index is 13.5. The van der Waals surface area contributed by atoms with Gasteiger partial charge >= 0.3 is 0 Å². The monoisotopic (exact) mass is 658 g/mol. The van der Waals surface area contributed by atoms with Gasteiger partial charge in [-0.2, -0.15) is 15.8 Å². The summed E-state index contributed by atoms with van der Waals surface area (Å²) >= 11 is 2.82. The molecular formula is C38H22N6O2S2. The number of rotatable bonds is 5. The number of terminal acetylenes is 1. The van der Waals surface area contributed by atoms with Gasteiger partial charge in [0.15, 0.2) is 0 Å². The lowest BCUT2D eigenvalue weighted by atomic mass is 10.0. The van der Waals surface area contributed by atoms with Crippen LogP contribution in [0, 0.1) is 52.3 Å². The summed E-state index contributed by atoms with van der Waals surface area (Å²) in [6.07, 6.45) is 6.63. The minimum absolute atomic E-state index is 0.0480. The molecule has 3 heterocycles. The molecule has 0 bridgehead atoms. The summed E-state index contributed by atoms with van der Waals surface area (Å²) in [7, 11) is 0. The van der Waals surface area contributed by atoms with Crippen LogP contribution in [-0.2, 0) is 6.54 Å². The second-order valence-electron chi connectivity index (χ2n) is 11.4. The molecule has 10 heteroatoms. The SMILES string of the molecule is C#CC(C#N)=C1C(=Nc2cc3c(s2)c2sc(N=C4C(=O)c5ccccc5C4=C(C#N)C#N)cc2n3CC(C)CC)C(=O)c2ccccc21. The van der Waals surface area contributed by atoms with E-state index in [4.69, 9.17) is 16.4 Å². The van der Waals surface area contributed by atoms with Crippen molar-refractivity contribution in [3.05, 3.63) is 94.1 Å². The predicted molar refractivity (Wildman–Crippen MR) is 190 cm³/mol. The number of carbonyl (C=O) groups excluding carboxylic acids is 2. The van der Waals surface area contributed by atoms with E-state index in [0.29, 0.717) is 50.3 Å². The fourth-order valence-electron chi connectivity index (χ4n) is 6.11. The van der Waals surface area contributed by atoms with Crippen molar-refractivity contribution < 1.29 is 9.59 Å². The van der Waals surface area contributed by atoms with Crippen molar-refractivity contribution in [2.75, 3.05) is 0 Å². The third-order valence-electron chi connectivity index (χ3n) is 8.59. The van der Waals surface area contributed by atoms with E-state index in [1.165, 1.54) is 22.7 Å². The van der Waals surface area contributed by atoms with Crippen LogP contribution >= 0.6 is 22.7 Å². The molecule has 0 fully saturated rings. The molecule has 48 heavy (non-hydrogen) atoms. The molecule has 2 aliphatic carbocycles. The summed E-state index contributed by atoms with van der Waals surface area (Å²) in [4.78, 5) is 36.6. The van der Waals surface area contributed by atoms with Crippen LogP contribution in [0.5, 0.6) is 0 Å². The van der Waals surface area contributed by atoms with Crippen LogP contribution in [0.1, 0.15) is 52.1 Å². The van der Waals surface area contributed by atoms with Gasteiger partial charge in [0.2, 0.25) is 11.6 Å². The van der Waals surface area contributed by atoms with Crippen LogP contribution in [0.15, 0.2) is 81.8 Å². The fraction of sp³-hybridized carbons (Fsp3) is 0.132. The van der Waals surface area contributed by atoms with E-state index in [2.05, 4.69) is 24.3 Å². The number of ketones is 2. The highest BCUT2D eigenvalue weighted by Gasteiger charge is 2.35. The van der Waals surface area contributed by atoms with Gasteiger partial charge in [0, 0.05) is 28.8 Å². The van der Waals surface area contributed by atoms with Gasteiger partial charge < -0.3 is 4.57 Å². The number of fused-ring (bicyclic) bond motifs is 5. The zero-order chi connectivity index (χ0) is 33.7. The molecule has 0 saturated carbocycles. The number of allylic oxidation sites excluding steroid dienone is 4. The topological polar surface area (TPSA) is 135 Å². The highest BCUT2D eigenvalue weighted by atomic mass is 32.1. The van der Waals surface area contributed by atoms with Gasteiger partial charge in [-0.3, -0.25) is 9.59 Å². The molecule has 0 spiro atoms. The molecule has 2 aromatic carbocycles. The predicted octanol–water partition coefficient (Wildman–Crippen LogP) is 8.61. The summed E-state index contributed by atoms with van der Waals surface area (Å²) in [5, 5.41) is 30.4. The van der Waals surface area contributed by atoms with Crippen LogP contribution in [0.4, 0.5) is 10.0 Å². The van der Waals surface area contributed by atoms with Gasteiger partial charge in [0.05, 0.1) is 20.4 Å². The van der Waals surface area contributed by atoms with Crippen molar-refractivity contribution in [3.63, 3.8) is 0 Å². The number of nitriles is 3. The standard InChI is InChI=1S/C38H22N6O2S2/c1-4-20(3)19-44-27-14-29(42-33-31(21(5-2)16-39)23-10-6-8-12-25(23)35(33)45)47-37(27)38-28(44)15-30(48-38)43-34-32(22(17-40)18-41)24-11-7-9-13-26(24)36(34)46/h2,6-15,20H,4,19H2,1,3H3. The Labute approximate surface area is 283 Å². The lowest BCUT2D eigenvalue weighted by Gasteiger charge is -2.11. The van der Waals surface area contributed by atoms with Crippen LogP contribution in [0.2, 0.25) is 0 Å². The van der Waals surface area contributed by atoms with Gasteiger partial charge in [-0.1, -0.05) is 74.7 Å². The zero-order valence-corrected chi connectivity index (χ0v) is 27.3. The van der Waals surface area contributed by atoms with Gasteiger partial charge in [0.1, 0.15) is 50.8 Å². The van der Waals surface area contributed by atoms with E-state index >= 15 is 0 Å². The fourth-order valence-corrected chi connectivity index (χ4v) is 8.34. The minimum Gasteiger partial charge on any atom is -0.339 e. The first-order valence-corrected chi connectivity index (χ1v) is 16.6. The van der Waals surface area contributed by atoms with Crippen LogP contribution < -0.4 is 0 Å². The number of carbonyl (C=O) groups is 2. The number of hydrogen-bond donors (Lipinski definition) is 0. The third-order valence-corrected chi connectivity index (χ3v) is 10.8. The Morgan fingerprint density at radius 3 is 1.62 bits per heavy atom. The Hall–Kier alpha value is -6.17. The van der Waals surface area contributed by atoms with E-state index in [1.807, 2.05) is 30.3 Å². The molecule has 228 valence electrons. The van der Waals surface area contributed by atoms with E-state index in [0.717, 1.165) is 26.9 Å². The first-order chi connectivity index (χ1) is 23.3. The summed E-state index contributed by atoms with van der Waals surface area (Å²) in [6, 6.07) is 23.7. The normalized spacial score (nSPS) is 16.9. The van der Waals surface area contributed by atoms with Crippen molar-refractivity contribution >= 4 is 87.2 Å². The first-order valence-electron chi connectivity index (χ1n) is 15.0. The first kappa shape index (κ1) is 30.5. The number of thiophene rings is 2. The quantitative estimate of drug-likeness (QED) is 0.138. The Morgan fingerprint density at radius 2 is 1.21 bits per heavy atom. The summed E-state index contributed by atoms with van der Waals surface area (Å²) < 4.78 is 4.10. The second kappa shape index (κ2) is 11.9. The Morgan fingerprint density at radius 1 is 0.771 bits per heavy atom. The Balaban J connectivity index is 1.41. The maximum atomic E-state index is 13.5. The van der Waals surface area contributed by atoms with E-state index in [-0.39, 0.29) is 39.7 Å². The smallest absolute Gasteiger partial charge is 0.212 e. The second-order valence-corrected chi connectivity index (χ2v) is 13.4. The largest absolute Gasteiger partial charge is 0.339 e. The van der Waals surface area contributed by atoms with Gasteiger partial charge in [0.25, 0.3) is 0 Å². The van der Waals surface area contributed by atoms with E-state index < -0.39 is 0 Å². The maximum Gasteiger partial charge on any atom is 0.212 e. The number of aromatic nitrogens is 1. The molecule has 2 aliphatic rings. The van der Waals surface area contributed by atoms with Crippen LogP contribution in [0.25, 0.3) is 31.6 Å². The molecule has 0 N–H and O–H groups in total. The molecule has 1 unspecified atom stereocenters. The van der Waals surface area contributed by atoms with Gasteiger partial charge in [-0.15, -0.1) is 29.1 Å². The van der Waals surface area contributed by atoms with Crippen LogP contribution in [0.3, 0.4) is 0 Å². The summed E-state index contributed by atoms with van der Waals surface area (Å²) in [5.74, 6) is 2.14. The average Bonchev–Trinajstić information content (AvgIpc) is 3.89. The van der Waals surface area contributed by atoms with Crippen molar-refractivity contribution in [3.8, 4) is 30.6 Å². The number of benzene rings is 2. The highest BCUT2D eigenvalue weighted by molar-refractivity contribution is 7.30. The van der Waals surface area contributed by atoms with Crippen molar-refractivity contribution in [2.45, 2.75) is 26.8 Å².